The molecule has 51 heavy (non-hydrogen) atoms. The summed E-state index contributed by atoms with van der Waals surface area (Å²) in [5.41, 5.74) is 1.06. The number of aryl methyl sites for hydroxylation is 1. The van der Waals surface area contributed by atoms with E-state index >= 15 is 0 Å². The Morgan fingerprint density at radius 1 is 1.12 bits per heavy atom. The number of nitrogens with zero attached hydrogens (tertiary/aromatic N) is 3. The summed E-state index contributed by atoms with van der Waals surface area (Å²) in [6.45, 7) is 14.4. The van der Waals surface area contributed by atoms with Crippen molar-refractivity contribution in [3.05, 3.63) is 35.0 Å². The molecule has 0 spiro atoms. The Kier molecular flexibility index (Phi) is 11.4. The average molecular weight is 730 g/mol. The number of thiazole rings is 1. The maximum atomic E-state index is 14.6. The van der Waals surface area contributed by atoms with Gasteiger partial charge >= 0.3 is 6.09 Å². The van der Waals surface area contributed by atoms with Gasteiger partial charge in [-0.05, 0) is 76.3 Å². The summed E-state index contributed by atoms with van der Waals surface area (Å²) < 4.78 is 26.5. The Labute approximate surface area is 303 Å². The van der Waals surface area contributed by atoms with Crippen LogP contribution in [-0.2, 0) is 25.7 Å². The van der Waals surface area contributed by atoms with E-state index in [2.05, 4.69) is 15.6 Å². The fourth-order valence-electron chi connectivity index (χ4n) is 6.39. The van der Waals surface area contributed by atoms with Gasteiger partial charge in [-0.1, -0.05) is 32.9 Å². The third kappa shape index (κ3) is 9.56. The lowest BCUT2D eigenvalue weighted by Gasteiger charge is -2.35. The topological polar surface area (TPSA) is 150 Å². The first-order valence-electron chi connectivity index (χ1n) is 17.7. The highest BCUT2D eigenvalue weighted by molar-refractivity contribution is 7.13. The van der Waals surface area contributed by atoms with Crippen LogP contribution < -0.4 is 15.4 Å². The Bertz CT molecular complexity index is 1610. The number of aliphatic hydroxyl groups is 1. The van der Waals surface area contributed by atoms with E-state index in [0.717, 1.165) is 34.5 Å². The number of nitrogens with one attached hydrogen (secondary N) is 2. The molecule has 1 saturated carbocycles. The number of carbonyl (C=O) groups excluding carboxylic acids is 4. The van der Waals surface area contributed by atoms with Crippen LogP contribution in [0.3, 0.4) is 0 Å². The van der Waals surface area contributed by atoms with E-state index in [1.165, 1.54) is 16.2 Å². The first kappa shape index (κ1) is 38.5. The minimum Gasteiger partial charge on any atom is -0.493 e. The molecule has 3 N–H and O–H groups in total. The van der Waals surface area contributed by atoms with Crippen molar-refractivity contribution in [2.24, 2.45) is 11.3 Å². The number of amides is 4. The maximum Gasteiger partial charge on any atom is 0.410 e. The number of piperidine rings is 1. The summed E-state index contributed by atoms with van der Waals surface area (Å²) in [4.78, 5) is 61.1. The molecule has 1 aromatic heterocycles. The summed E-state index contributed by atoms with van der Waals surface area (Å²) >= 11 is 1.53. The smallest absolute Gasteiger partial charge is 0.410 e. The number of halogens is 1. The lowest BCUT2D eigenvalue weighted by Crippen LogP contribution is -2.59. The number of aliphatic hydroxyl groups excluding tert-OH is 1. The number of rotatable bonds is 10. The molecule has 3 fully saturated rings. The number of alkyl halides is 1. The molecule has 3 aliphatic rings. The average Bonchev–Trinajstić information content (AvgIpc) is 3.46. The van der Waals surface area contributed by atoms with Crippen molar-refractivity contribution in [3.63, 3.8) is 0 Å². The van der Waals surface area contributed by atoms with E-state index in [-0.39, 0.29) is 44.4 Å². The van der Waals surface area contributed by atoms with Crippen LogP contribution in [0.2, 0.25) is 0 Å². The minimum atomic E-state index is -1.96. The predicted octanol–water partition coefficient (Wildman–Crippen LogP) is 4.76. The van der Waals surface area contributed by atoms with Gasteiger partial charge in [0.2, 0.25) is 11.8 Å². The normalized spacial score (nSPS) is 21.2. The second-order valence-electron chi connectivity index (χ2n) is 16.2. The first-order chi connectivity index (χ1) is 23.8. The summed E-state index contributed by atoms with van der Waals surface area (Å²) in [6.07, 6.45) is 0.532. The van der Waals surface area contributed by atoms with Gasteiger partial charge in [-0.25, -0.2) is 14.2 Å². The van der Waals surface area contributed by atoms with Gasteiger partial charge in [0, 0.05) is 38.2 Å². The van der Waals surface area contributed by atoms with Crippen LogP contribution in [0, 0.1) is 18.3 Å². The van der Waals surface area contributed by atoms with Gasteiger partial charge < -0.3 is 35.0 Å². The van der Waals surface area contributed by atoms with Gasteiger partial charge in [-0.3, -0.25) is 14.4 Å². The lowest BCUT2D eigenvalue weighted by molar-refractivity contribution is -0.145. The molecule has 5 rings (SSSR count). The van der Waals surface area contributed by atoms with E-state index in [4.69, 9.17) is 9.47 Å². The summed E-state index contributed by atoms with van der Waals surface area (Å²) in [7, 11) is 0. The molecule has 14 heteroatoms. The van der Waals surface area contributed by atoms with Crippen LogP contribution in [0.5, 0.6) is 5.75 Å². The molecule has 1 aliphatic carbocycles. The number of likely N-dealkylation sites (tertiary alicyclic amines) is 2. The monoisotopic (exact) mass is 729 g/mol. The Hall–Kier alpha value is -3.78. The van der Waals surface area contributed by atoms with Crippen molar-refractivity contribution >= 4 is 35.2 Å². The number of hydrogen-bond donors (Lipinski definition) is 3. The second-order valence-corrected chi connectivity index (χ2v) is 17.0. The zero-order valence-electron chi connectivity index (χ0n) is 30.7. The van der Waals surface area contributed by atoms with Crippen LogP contribution in [0.25, 0.3) is 10.4 Å². The van der Waals surface area contributed by atoms with Gasteiger partial charge in [-0.2, -0.15) is 0 Å². The Morgan fingerprint density at radius 2 is 1.80 bits per heavy atom. The first-order valence-corrected chi connectivity index (χ1v) is 18.6. The van der Waals surface area contributed by atoms with Crippen LogP contribution in [0.1, 0.15) is 84.9 Å². The molecule has 4 amide bonds. The SMILES string of the molecule is Cc1ncsc1-c1ccc(CNC(=O)[C@@H]2C[C@@H](O)CN2C(=O)C(NC(=O)C2(F)CC2)C(C)(C)C)c(OCC2CCN(C(=O)OC(C)(C)C)CC2)c1. The van der Waals surface area contributed by atoms with Gasteiger partial charge in [0.05, 0.1) is 28.8 Å². The molecule has 1 unspecified atom stereocenters. The number of β-amino-alcohol motifs (C(OH)–C–C–N with tert-alkyl or cyclic N) is 1. The lowest BCUT2D eigenvalue weighted by atomic mass is 9.85. The number of ether oxygens (including phenoxy) is 2. The molecule has 2 aliphatic heterocycles. The molecule has 12 nitrogen and oxygen atoms in total. The summed E-state index contributed by atoms with van der Waals surface area (Å²) in [5.74, 6) is -1.00. The van der Waals surface area contributed by atoms with E-state index in [9.17, 15) is 28.7 Å². The van der Waals surface area contributed by atoms with Crippen LogP contribution >= 0.6 is 11.3 Å². The third-order valence-electron chi connectivity index (χ3n) is 9.62. The minimum absolute atomic E-state index is 0.0321. The van der Waals surface area contributed by atoms with Crippen molar-refractivity contribution in [1.29, 1.82) is 0 Å². The maximum absolute atomic E-state index is 14.6. The van der Waals surface area contributed by atoms with Gasteiger partial charge in [0.25, 0.3) is 5.91 Å². The van der Waals surface area contributed by atoms with Crippen molar-refractivity contribution in [3.8, 4) is 16.2 Å². The highest BCUT2D eigenvalue weighted by atomic mass is 32.1. The van der Waals surface area contributed by atoms with Crippen molar-refractivity contribution in [2.75, 3.05) is 26.2 Å². The quantitative estimate of drug-likeness (QED) is 0.317. The number of aromatic nitrogens is 1. The summed E-state index contributed by atoms with van der Waals surface area (Å²) in [6, 6.07) is 3.74. The van der Waals surface area contributed by atoms with E-state index < -0.39 is 52.6 Å². The van der Waals surface area contributed by atoms with Gasteiger partial charge in [0.15, 0.2) is 5.67 Å². The van der Waals surface area contributed by atoms with Crippen molar-refractivity contribution in [2.45, 2.75) is 117 Å². The highest BCUT2D eigenvalue weighted by Crippen LogP contribution is 2.40. The van der Waals surface area contributed by atoms with Crippen LogP contribution in [0.15, 0.2) is 23.7 Å². The molecular formula is C37H52FN5O7S. The molecule has 2 saturated heterocycles. The Balaban J connectivity index is 1.26. The van der Waals surface area contributed by atoms with E-state index in [1.54, 1.807) is 31.2 Å². The van der Waals surface area contributed by atoms with E-state index in [0.29, 0.717) is 25.4 Å². The molecule has 280 valence electrons. The van der Waals surface area contributed by atoms with Gasteiger partial charge in [0.1, 0.15) is 23.4 Å². The molecule has 0 radical (unpaired) electrons. The number of benzene rings is 1. The molecule has 2 aromatic rings. The molecular weight excluding hydrogens is 678 g/mol. The second kappa shape index (κ2) is 15.1. The van der Waals surface area contributed by atoms with Gasteiger partial charge in [-0.15, -0.1) is 11.3 Å². The zero-order chi connectivity index (χ0) is 37.3. The molecule has 3 heterocycles. The van der Waals surface area contributed by atoms with Crippen molar-refractivity contribution < 1.29 is 38.1 Å². The number of hydrogen-bond acceptors (Lipinski definition) is 9. The third-order valence-corrected chi connectivity index (χ3v) is 10.6. The fraction of sp³-hybridized carbons (Fsp3) is 0.649. The van der Waals surface area contributed by atoms with Crippen LogP contribution in [-0.4, -0.2) is 99.4 Å². The molecule has 1 aromatic carbocycles. The number of carbonyl (C=O) groups is 4. The highest BCUT2D eigenvalue weighted by Gasteiger charge is 2.53. The Morgan fingerprint density at radius 3 is 2.39 bits per heavy atom. The van der Waals surface area contributed by atoms with Crippen LogP contribution in [0.4, 0.5) is 9.18 Å². The predicted molar refractivity (Wildman–Crippen MR) is 191 cm³/mol. The largest absolute Gasteiger partial charge is 0.493 e. The zero-order valence-corrected chi connectivity index (χ0v) is 31.5. The molecule has 3 atom stereocenters. The standard InChI is InChI=1S/C37H52FN5O7S/c1-22-29(51-21-40-22)24-8-9-25(28(16-24)49-20-23-10-14-42(15-11-23)34(48)50-36(5,6)7)18-39-31(45)27-17-26(44)19-43(27)32(46)30(35(2,3)4)41-33(47)37(38)12-13-37/h8-9,16,21,23,26-27,30,44H,10-15,17-20H2,1-7H3,(H,39,45)(H,41,47)/t26-,27+,30?/m1/s1. The van der Waals surface area contributed by atoms with E-state index in [1.807, 2.05) is 45.9 Å². The molecule has 0 bridgehead atoms. The summed E-state index contributed by atoms with van der Waals surface area (Å²) in [5, 5.41) is 16.1. The van der Waals surface area contributed by atoms with Crippen molar-refractivity contribution in [1.82, 2.24) is 25.4 Å². The fourth-order valence-corrected chi connectivity index (χ4v) is 7.19.